The number of nitrogens with zero attached hydrogens (tertiary/aromatic N) is 2. The van der Waals surface area contributed by atoms with Crippen LogP contribution in [0, 0.1) is 0 Å². The van der Waals surface area contributed by atoms with Gasteiger partial charge in [0.1, 0.15) is 12.1 Å². The lowest BCUT2D eigenvalue weighted by Crippen LogP contribution is -2.58. The Morgan fingerprint density at radius 3 is 2.15 bits per heavy atom. The van der Waals surface area contributed by atoms with Crippen molar-refractivity contribution < 1.29 is 23.9 Å². The lowest BCUT2D eigenvalue weighted by Gasteiger charge is -2.41. The summed E-state index contributed by atoms with van der Waals surface area (Å²) < 4.78 is 4.90. The molecule has 0 aliphatic carbocycles. The van der Waals surface area contributed by atoms with Gasteiger partial charge in [0.2, 0.25) is 5.91 Å². The molecule has 3 atom stereocenters. The summed E-state index contributed by atoms with van der Waals surface area (Å²) in [6, 6.07) is 5.07. The fourth-order valence-electron chi connectivity index (χ4n) is 4.64. The normalized spacial score (nSPS) is 27.9. The van der Waals surface area contributed by atoms with Gasteiger partial charge < -0.3 is 9.64 Å². The molecule has 2 fully saturated rings. The van der Waals surface area contributed by atoms with Crippen molar-refractivity contribution in [2.24, 2.45) is 0 Å². The lowest BCUT2D eigenvalue weighted by molar-refractivity contribution is -0.158. The van der Waals surface area contributed by atoms with E-state index in [-0.39, 0.29) is 11.9 Å². The maximum atomic E-state index is 13.4. The summed E-state index contributed by atoms with van der Waals surface area (Å²) in [5.41, 5.74) is 0.665. The molecule has 2 saturated heterocycles. The SMILES string of the molecule is COC(=O)[C@@H]1CCC[C@@H]2CCC[C@H](N3C(=O)c4ccccc4C3=O)C(=O)N21. The molecule has 3 heterocycles. The molecule has 0 bridgehead atoms. The Hall–Kier alpha value is -2.70. The van der Waals surface area contributed by atoms with Gasteiger partial charge in [-0.15, -0.1) is 0 Å². The molecule has 3 aliphatic rings. The molecule has 7 heteroatoms. The van der Waals surface area contributed by atoms with Crippen LogP contribution in [-0.2, 0) is 14.3 Å². The van der Waals surface area contributed by atoms with E-state index in [4.69, 9.17) is 4.74 Å². The first-order chi connectivity index (χ1) is 13.0. The molecule has 0 unspecified atom stereocenters. The fraction of sp³-hybridized carbons (Fsp3) is 0.500. The predicted octanol–water partition coefficient (Wildman–Crippen LogP) is 1.76. The van der Waals surface area contributed by atoms with E-state index in [1.807, 2.05) is 0 Å². The van der Waals surface area contributed by atoms with Crippen molar-refractivity contribution in [3.05, 3.63) is 35.4 Å². The quantitative estimate of drug-likeness (QED) is 0.585. The van der Waals surface area contributed by atoms with Crippen molar-refractivity contribution in [1.82, 2.24) is 9.80 Å². The second kappa shape index (κ2) is 6.79. The minimum atomic E-state index is -0.868. The lowest BCUT2D eigenvalue weighted by atomic mass is 9.93. The van der Waals surface area contributed by atoms with Crippen LogP contribution in [0.25, 0.3) is 0 Å². The molecule has 1 aromatic rings. The van der Waals surface area contributed by atoms with E-state index in [1.165, 1.54) is 7.11 Å². The summed E-state index contributed by atoms with van der Waals surface area (Å²) in [4.78, 5) is 54.0. The summed E-state index contributed by atoms with van der Waals surface area (Å²) in [5.74, 6) is -1.61. The molecule has 1 aromatic carbocycles. The third-order valence-electron chi connectivity index (χ3n) is 5.91. The molecule has 3 amide bonds. The maximum absolute atomic E-state index is 13.4. The highest BCUT2D eigenvalue weighted by Crippen LogP contribution is 2.34. The number of amides is 3. The molecule has 4 rings (SSSR count). The highest BCUT2D eigenvalue weighted by atomic mass is 16.5. The van der Waals surface area contributed by atoms with E-state index >= 15 is 0 Å². The Morgan fingerprint density at radius 1 is 0.963 bits per heavy atom. The first-order valence-electron chi connectivity index (χ1n) is 9.41. The molecule has 0 aromatic heterocycles. The van der Waals surface area contributed by atoms with Crippen molar-refractivity contribution in [1.29, 1.82) is 0 Å². The predicted molar refractivity (Wildman–Crippen MR) is 94.9 cm³/mol. The molecule has 0 spiro atoms. The van der Waals surface area contributed by atoms with Gasteiger partial charge in [0.25, 0.3) is 11.8 Å². The second-order valence-corrected chi connectivity index (χ2v) is 7.34. The third kappa shape index (κ3) is 2.72. The van der Waals surface area contributed by atoms with Crippen LogP contribution in [0.1, 0.15) is 59.2 Å². The van der Waals surface area contributed by atoms with E-state index < -0.39 is 29.9 Å². The molecular formula is C20H22N2O5. The van der Waals surface area contributed by atoms with E-state index in [0.29, 0.717) is 24.0 Å². The molecular weight excluding hydrogens is 348 g/mol. The Morgan fingerprint density at radius 2 is 1.56 bits per heavy atom. The first kappa shape index (κ1) is 17.7. The van der Waals surface area contributed by atoms with E-state index in [2.05, 4.69) is 0 Å². The van der Waals surface area contributed by atoms with Gasteiger partial charge in [0.15, 0.2) is 0 Å². The Kier molecular flexibility index (Phi) is 4.45. The number of piperidine rings is 1. The number of imide groups is 1. The van der Waals surface area contributed by atoms with Crippen LogP contribution < -0.4 is 0 Å². The molecule has 27 heavy (non-hydrogen) atoms. The van der Waals surface area contributed by atoms with Crippen LogP contribution >= 0.6 is 0 Å². The van der Waals surface area contributed by atoms with Crippen molar-refractivity contribution in [2.45, 2.75) is 56.7 Å². The van der Waals surface area contributed by atoms with Crippen molar-refractivity contribution in [2.75, 3.05) is 7.11 Å². The van der Waals surface area contributed by atoms with Crippen molar-refractivity contribution >= 4 is 23.7 Å². The molecule has 3 aliphatic heterocycles. The second-order valence-electron chi connectivity index (χ2n) is 7.34. The maximum Gasteiger partial charge on any atom is 0.328 e. The average Bonchev–Trinajstić information content (AvgIpc) is 2.83. The standard InChI is InChI=1S/C20H22N2O5/c1-27-20(26)16-11-5-7-12-6-4-10-15(19(25)21(12)16)22-17(23)13-8-2-3-9-14(13)18(22)24/h2-3,8-9,12,15-16H,4-7,10-11H2,1H3/t12-,15-,16-/m0/s1. The molecule has 0 radical (unpaired) electrons. The van der Waals surface area contributed by atoms with Crippen molar-refractivity contribution in [3.63, 3.8) is 0 Å². The topological polar surface area (TPSA) is 84.0 Å². The number of hydrogen-bond donors (Lipinski definition) is 0. The van der Waals surface area contributed by atoms with Gasteiger partial charge in [-0.25, -0.2) is 4.79 Å². The number of esters is 1. The smallest absolute Gasteiger partial charge is 0.328 e. The highest BCUT2D eigenvalue weighted by molar-refractivity contribution is 6.22. The number of fused-ring (bicyclic) bond motifs is 2. The van der Waals surface area contributed by atoms with Crippen LogP contribution in [0.2, 0.25) is 0 Å². The van der Waals surface area contributed by atoms with Gasteiger partial charge >= 0.3 is 5.97 Å². The first-order valence-corrected chi connectivity index (χ1v) is 9.41. The van der Waals surface area contributed by atoms with Gasteiger partial charge in [-0.2, -0.15) is 0 Å². The average molecular weight is 370 g/mol. The summed E-state index contributed by atoms with van der Waals surface area (Å²) in [7, 11) is 1.32. The number of ether oxygens (including phenoxy) is 1. The molecule has 0 saturated carbocycles. The molecule has 0 N–H and O–H groups in total. The van der Waals surface area contributed by atoms with Crippen LogP contribution in [0.15, 0.2) is 24.3 Å². The summed E-state index contributed by atoms with van der Waals surface area (Å²) >= 11 is 0. The van der Waals surface area contributed by atoms with Gasteiger partial charge in [0, 0.05) is 6.04 Å². The number of carbonyl (C=O) groups is 4. The van der Waals surface area contributed by atoms with Gasteiger partial charge in [-0.3, -0.25) is 19.3 Å². The number of rotatable bonds is 2. The number of carbonyl (C=O) groups excluding carboxylic acids is 4. The number of benzene rings is 1. The fourth-order valence-corrected chi connectivity index (χ4v) is 4.64. The van der Waals surface area contributed by atoms with Crippen LogP contribution in [0.4, 0.5) is 0 Å². The minimum Gasteiger partial charge on any atom is -0.467 e. The van der Waals surface area contributed by atoms with Gasteiger partial charge in [-0.05, 0) is 50.7 Å². The Labute approximate surface area is 157 Å². The Bertz CT molecular complexity index is 785. The van der Waals surface area contributed by atoms with Crippen LogP contribution in [0.5, 0.6) is 0 Å². The zero-order chi connectivity index (χ0) is 19.1. The number of methoxy groups -OCH3 is 1. The largest absolute Gasteiger partial charge is 0.467 e. The summed E-state index contributed by atoms with van der Waals surface area (Å²) in [5, 5.41) is 0. The van der Waals surface area contributed by atoms with E-state index in [1.54, 1.807) is 29.2 Å². The summed E-state index contributed by atoms with van der Waals surface area (Å²) in [6.07, 6.45) is 4.13. The minimum absolute atomic E-state index is 0.0458. The van der Waals surface area contributed by atoms with Gasteiger partial charge in [0.05, 0.1) is 18.2 Å². The van der Waals surface area contributed by atoms with Crippen LogP contribution in [0.3, 0.4) is 0 Å². The van der Waals surface area contributed by atoms with Crippen molar-refractivity contribution in [3.8, 4) is 0 Å². The van der Waals surface area contributed by atoms with E-state index in [9.17, 15) is 19.2 Å². The highest BCUT2D eigenvalue weighted by Gasteiger charge is 2.49. The summed E-state index contributed by atoms with van der Waals surface area (Å²) in [6.45, 7) is 0. The Balaban J connectivity index is 1.68. The van der Waals surface area contributed by atoms with Crippen LogP contribution in [-0.4, -0.2) is 58.7 Å². The zero-order valence-corrected chi connectivity index (χ0v) is 15.2. The third-order valence-corrected chi connectivity index (χ3v) is 5.91. The zero-order valence-electron chi connectivity index (χ0n) is 15.2. The number of hydrogen-bond acceptors (Lipinski definition) is 5. The van der Waals surface area contributed by atoms with Gasteiger partial charge in [-0.1, -0.05) is 12.1 Å². The molecule has 7 nitrogen and oxygen atoms in total. The molecule has 142 valence electrons. The van der Waals surface area contributed by atoms with E-state index in [0.717, 1.165) is 30.6 Å². The monoisotopic (exact) mass is 370 g/mol.